The molecule has 0 saturated carbocycles. The van der Waals surface area contributed by atoms with Crippen molar-refractivity contribution in [2.45, 2.75) is 10.1 Å². The van der Waals surface area contributed by atoms with Crippen molar-refractivity contribution in [3.05, 3.63) is 54.6 Å². The molecule has 3 aromatic rings. The predicted molar refractivity (Wildman–Crippen MR) is 91.9 cm³/mol. The molecule has 7 nitrogen and oxygen atoms in total. The third kappa shape index (κ3) is 3.63. The van der Waals surface area contributed by atoms with Crippen LogP contribution in [-0.4, -0.2) is 28.1 Å². The van der Waals surface area contributed by atoms with Gasteiger partial charge >= 0.3 is 5.22 Å². The molecule has 0 aliphatic rings. The molecular weight excluding hydrogens is 364 g/mol. The summed E-state index contributed by atoms with van der Waals surface area (Å²) in [5.74, 6) is 0.229. The quantitative estimate of drug-likeness (QED) is 0.742. The summed E-state index contributed by atoms with van der Waals surface area (Å²) in [5.41, 5.74) is 1.50. The van der Waals surface area contributed by atoms with Crippen molar-refractivity contribution in [3.8, 4) is 22.6 Å². The fraction of sp³-hybridized carbons (Fsp3) is 0.0625. The molecule has 2 aromatic carbocycles. The van der Waals surface area contributed by atoms with Crippen LogP contribution >= 0.6 is 0 Å². The van der Waals surface area contributed by atoms with Crippen LogP contribution < -0.4 is 5.14 Å². The number of sulfonamides is 1. The van der Waals surface area contributed by atoms with Crippen molar-refractivity contribution in [1.29, 1.82) is 0 Å². The first-order valence-corrected chi connectivity index (χ1v) is 10.5. The van der Waals surface area contributed by atoms with Gasteiger partial charge in [-0.25, -0.2) is 22.0 Å². The van der Waals surface area contributed by atoms with Crippen molar-refractivity contribution in [2.75, 3.05) is 6.26 Å². The third-order valence-electron chi connectivity index (χ3n) is 3.42. The van der Waals surface area contributed by atoms with E-state index in [1.54, 1.807) is 24.3 Å². The monoisotopic (exact) mass is 378 g/mol. The Labute approximate surface area is 145 Å². The molecule has 0 unspecified atom stereocenters. The first kappa shape index (κ1) is 17.3. The second-order valence-corrected chi connectivity index (χ2v) is 8.82. The minimum atomic E-state index is -3.82. The van der Waals surface area contributed by atoms with Gasteiger partial charge in [0.2, 0.25) is 19.9 Å². The van der Waals surface area contributed by atoms with E-state index >= 15 is 0 Å². The summed E-state index contributed by atoms with van der Waals surface area (Å²) in [5, 5.41) is 4.68. The fourth-order valence-electron chi connectivity index (χ4n) is 2.24. The molecule has 3 rings (SSSR count). The highest BCUT2D eigenvalue weighted by Crippen LogP contribution is 2.34. The smallest absolute Gasteiger partial charge is 0.315 e. The van der Waals surface area contributed by atoms with Gasteiger partial charge in [0.25, 0.3) is 0 Å². The largest absolute Gasteiger partial charge is 0.427 e. The van der Waals surface area contributed by atoms with Crippen molar-refractivity contribution in [3.63, 3.8) is 0 Å². The lowest BCUT2D eigenvalue weighted by molar-refractivity contribution is 0.442. The zero-order valence-corrected chi connectivity index (χ0v) is 14.7. The number of nitrogens with two attached hydrogens (primary N) is 1. The number of primary sulfonamides is 1. The Hall–Kier alpha value is -2.49. The maximum atomic E-state index is 11.8. The van der Waals surface area contributed by atoms with E-state index in [-0.39, 0.29) is 10.7 Å². The normalized spacial score (nSPS) is 12.2. The molecule has 0 radical (unpaired) electrons. The number of hydrogen-bond donors (Lipinski definition) is 1. The topological polar surface area (TPSA) is 120 Å². The van der Waals surface area contributed by atoms with Gasteiger partial charge in [-0.1, -0.05) is 30.3 Å². The highest BCUT2D eigenvalue weighted by atomic mass is 32.2. The molecule has 1 aromatic heterocycles. The average molecular weight is 378 g/mol. The van der Waals surface area contributed by atoms with Crippen molar-refractivity contribution in [2.24, 2.45) is 5.14 Å². The van der Waals surface area contributed by atoms with Gasteiger partial charge in [0.05, 0.1) is 4.90 Å². The summed E-state index contributed by atoms with van der Waals surface area (Å²) in [6.07, 6.45) is 1.00. The highest BCUT2D eigenvalue weighted by molar-refractivity contribution is 7.90. The van der Waals surface area contributed by atoms with Crippen LogP contribution in [0.2, 0.25) is 0 Å². The first-order chi connectivity index (χ1) is 11.7. The average Bonchev–Trinajstić information content (AvgIpc) is 3.00. The molecular formula is C16H14N2O5S2. The van der Waals surface area contributed by atoms with Gasteiger partial charge in [0.15, 0.2) is 5.76 Å². The number of oxazole rings is 1. The minimum absolute atomic E-state index is 0.0552. The second-order valence-electron chi connectivity index (χ2n) is 5.37. The fourth-order valence-corrected chi connectivity index (χ4v) is 3.25. The molecule has 0 bridgehead atoms. The summed E-state index contributed by atoms with van der Waals surface area (Å²) in [6, 6.07) is 14.6. The van der Waals surface area contributed by atoms with Gasteiger partial charge in [-0.05, 0) is 24.3 Å². The second kappa shape index (κ2) is 6.10. The van der Waals surface area contributed by atoms with Crippen LogP contribution in [0.5, 0.6) is 0 Å². The standard InChI is InChI=1S/C16H14N2O5S2/c1-24(19,20)16-18-14(11-5-3-2-4-6-11)15(23-16)12-7-9-13(10-8-12)25(17,21)22/h2-10H,1H3,(H2,17,21,22). The summed E-state index contributed by atoms with van der Waals surface area (Å²) < 4.78 is 51.8. The van der Waals surface area contributed by atoms with Gasteiger partial charge in [-0.15, -0.1) is 0 Å². The summed E-state index contributed by atoms with van der Waals surface area (Å²) in [6.45, 7) is 0. The molecule has 0 aliphatic heterocycles. The Morgan fingerprint density at radius 2 is 1.48 bits per heavy atom. The van der Waals surface area contributed by atoms with E-state index in [4.69, 9.17) is 9.56 Å². The first-order valence-electron chi connectivity index (χ1n) is 7.06. The van der Waals surface area contributed by atoms with Crippen molar-refractivity contribution >= 4 is 19.9 Å². The third-order valence-corrected chi connectivity index (χ3v) is 5.16. The maximum absolute atomic E-state index is 11.8. The Morgan fingerprint density at radius 1 is 0.880 bits per heavy atom. The van der Waals surface area contributed by atoms with Crippen LogP contribution in [0.1, 0.15) is 0 Å². The Bertz CT molecular complexity index is 1120. The molecule has 0 saturated heterocycles. The minimum Gasteiger partial charge on any atom is -0.427 e. The number of sulfone groups is 1. The van der Waals surface area contributed by atoms with Gasteiger partial charge < -0.3 is 4.42 Å². The molecule has 1 heterocycles. The highest BCUT2D eigenvalue weighted by Gasteiger charge is 2.22. The Kier molecular flexibility index (Phi) is 4.23. The van der Waals surface area contributed by atoms with Gasteiger partial charge in [0, 0.05) is 17.4 Å². The van der Waals surface area contributed by atoms with E-state index in [0.29, 0.717) is 16.8 Å². The molecule has 0 amide bonds. The molecule has 0 aliphatic carbocycles. The van der Waals surface area contributed by atoms with Crippen LogP contribution in [0.4, 0.5) is 0 Å². The van der Waals surface area contributed by atoms with Gasteiger partial charge in [-0.3, -0.25) is 0 Å². The van der Waals surface area contributed by atoms with Crippen LogP contribution in [0.15, 0.2) is 69.1 Å². The molecule has 9 heteroatoms. The molecule has 2 N–H and O–H groups in total. The molecule has 130 valence electrons. The number of aromatic nitrogens is 1. The number of benzene rings is 2. The lowest BCUT2D eigenvalue weighted by atomic mass is 10.1. The number of hydrogen-bond acceptors (Lipinski definition) is 6. The zero-order valence-electron chi connectivity index (χ0n) is 13.1. The van der Waals surface area contributed by atoms with Crippen molar-refractivity contribution in [1.82, 2.24) is 4.98 Å². The van der Waals surface area contributed by atoms with Crippen LogP contribution in [-0.2, 0) is 19.9 Å². The van der Waals surface area contributed by atoms with E-state index in [2.05, 4.69) is 4.98 Å². The molecule has 0 fully saturated rings. The van der Waals surface area contributed by atoms with E-state index in [1.165, 1.54) is 24.3 Å². The van der Waals surface area contributed by atoms with E-state index < -0.39 is 25.1 Å². The van der Waals surface area contributed by atoms with Gasteiger partial charge in [0.1, 0.15) is 5.69 Å². The van der Waals surface area contributed by atoms with Crippen LogP contribution in [0.25, 0.3) is 22.6 Å². The molecule has 25 heavy (non-hydrogen) atoms. The summed E-state index contributed by atoms with van der Waals surface area (Å²) >= 11 is 0. The lowest BCUT2D eigenvalue weighted by Gasteiger charge is -2.03. The maximum Gasteiger partial charge on any atom is 0.315 e. The molecule has 0 spiro atoms. The molecule has 0 atom stereocenters. The predicted octanol–water partition coefficient (Wildman–Crippen LogP) is 2.06. The number of rotatable bonds is 4. The SMILES string of the molecule is CS(=O)(=O)c1nc(-c2ccccc2)c(-c2ccc(S(N)(=O)=O)cc2)o1. The lowest BCUT2D eigenvalue weighted by Crippen LogP contribution is -2.11. The zero-order chi connectivity index (χ0) is 18.2. The van der Waals surface area contributed by atoms with Crippen LogP contribution in [0.3, 0.4) is 0 Å². The van der Waals surface area contributed by atoms with E-state index in [9.17, 15) is 16.8 Å². The Morgan fingerprint density at radius 3 is 2.00 bits per heavy atom. The van der Waals surface area contributed by atoms with E-state index in [0.717, 1.165) is 6.26 Å². The number of nitrogens with zero attached hydrogens (tertiary/aromatic N) is 1. The van der Waals surface area contributed by atoms with Crippen molar-refractivity contribution < 1.29 is 21.3 Å². The summed E-state index contributed by atoms with van der Waals surface area (Å²) in [7, 11) is -7.47. The van der Waals surface area contributed by atoms with Gasteiger partial charge in [-0.2, -0.15) is 4.98 Å². The van der Waals surface area contributed by atoms with E-state index in [1.807, 2.05) is 6.07 Å². The van der Waals surface area contributed by atoms with Crippen LogP contribution in [0, 0.1) is 0 Å². The summed E-state index contributed by atoms with van der Waals surface area (Å²) in [4.78, 5) is 4.05. The Balaban J connectivity index is 2.20.